The number of carbonyl (C=O) groups is 1. The quantitative estimate of drug-likeness (QED) is 0.486. The number of amides is 1. The third kappa shape index (κ3) is 0.685. The first-order valence-electron chi connectivity index (χ1n) is 3.55. The van der Waals surface area contributed by atoms with Crippen molar-refractivity contribution in [3.63, 3.8) is 0 Å². The van der Waals surface area contributed by atoms with Crippen LogP contribution in [0.1, 0.15) is 12.8 Å². The van der Waals surface area contributed by atoms with Crippen molar-refractivity contribution in [1.29, 1.82) is 0 Å². The van der Waals surface area contributed by atoms with Gasteiger partial charge in [-0.2, -0.15) is 0 Å². The first-order valence-corrected chi connectivity index (χ1v) is 3.55. The Bertz CT molecular complexity index is 217. The molecule has 2 heteroatoms. The first-order chi connectivity index (χ1) is 4.88. The van der Waals surface area contributed by atoms with E-state index >= 15 is 0 Å². The van der Waals surface area contributed by atoms with E-state index in [1.807, 2.05) is 18.4 Å². The van der Waals surface area contributed by atoms with Crippen LogP contribution in [-0.2, 0) is 4.79 Å². The topological polar surface area (TPSA) is 20.3 Å². The Balaban J connectivity index is 2.27. The van der Waals surface area contributed by atoms with E-state index in [9.17, 15) is 4.79 Å². The molecule has 2 nitrogen and oxygen atoms in total. The Hall–Kier alpha value is -1.05. The summed E-state index contributed by atoms with van der Waals surface area (Å²) in [5, 5.41) is 0. The lowest BCUT2D eigenvalue weighted by molar-refractivity contribution is -0.123. The van der Waals surface area contributed by atoms with Gasteiger partial charge in [0, 0.05) is 12.3 Å². The third-order valence-corrected chi connectivity index (χ3v) is 1.97. The Morgan fingerprint density at radius 1 is 1.60 bits per heavy atom. The lowest BCUT2D eigenvalue weighted by atomic mass is 10.1. The summed E-state index contributed by atoms with van der Waals surface area (Å²) >= 11 is 0. The molecule has 0 saturated heterocycles. The second-order valence-electron chi connectivity index (χ2n) is 2.63. The van der Waals surface area contributed by atoms with E-state index in [-0.39, 0.29) is 5.91 Å². The molecular weight excluding hydrogens is 126 g/mol. The van der Waals surface area contributed by atoms with E-state index < -0.39 is 0 Å². The molecule has 0 bridgehead atoms. The van der Waals surface area contributed by atoms with Crippen LogP contribution in [0.25, 0.3) is 0 Å². The molecule has 0 N–H and O–H groups in total. The zero-order chi connectivity index (χ0) is 6.97. The Labute approximate surface area is 59.8 Å². The minimum Gasteiger partial charge on any atom is -0.309 e. The van der Waals surface area contributed by atoms with Gasteiger partial charge in [-0.05, 0) is 12.8 Å². The number of rotatable bonds is 0. The predicted molar refractivity (Wildman–Crippen MR) is 38.1 cm³/mol. The smallest absolute Gasteiger partial charge is 0.250 e. The second-order valence-corrected chi connectivity index (χ2v) is 2.63. The standard InChI is InChI=1S/C8H9NO/c10-8-5-4-7-3-1-2-6-9(7)8/h2,4-7H,1,3H2/t7-/m1/s1. The first kappa shape index (κ1) is 5.71. The highest BCUT2D eigenvalue weighted by Gasteiger charge is 2.24. The Morgan fingerprint density at radius 2 is 2.50 bits per heavy atom. The maximum Gasteiger partial charge on any atom is 0.250 e. The summed E-state index contributed by atoms with van der Waals surface area (Å²) in [4.78, 5) is 12.8. The van der Waals surface area contributed by atoms with E-state index in [0.29, 0.717) is 6.04 Å². The van der Waals surface area contributed by atoms with Crippen molar-refractivity contribution in [2.75, 3.05) is 0 Å². The van der Waals surface area contributed by atoms with Crippen LogP contribution in [0.4, 0.5) is 0 Å². The number of carbonyl (C=O) groups excluding carboxylic acids is 1. The van der Waals surface area contributed by atoms with Gasteiger partial charge >= 0.3 is 0 Å². The number of nitrogens with zero attached hydrogens (tertiary/aromatic N) is 1. The molecule has 2 aliphatic rings. The third-order valence-electron chi connectivity index (χ3n) is 1.97. The van der Waals surface area contributed by atoms with Crippen molar-refractivity contribution in [2.24, 2.45) is 0 Å². The summed E-state index contributed by atoms with van der Waals surface area (Å²) in [6, 6.07) is 0.359. The van der Waals surface area contributed by atoms with E-state index in [4.69, 9.17) is 0 Å². The van der Waals surface area contributed by atoms with E-state index in [1.54, 1.807) is 11.0 Å². The minimum absolute atomic E-state index is 0.126. The van der Waals surface area contributed by atoms with Gasteiger partial charge in [-0.3, -0.25) is 4.79 Å². The molecule has 0 aliphatic carbocycles. The van der Waals surface area contributed by atoms with Crippen molar-refractivity contribution in [3.05, 3.63) is 24.4 Å². The Morgan fingerprint density at radius 3 is 3.30 bits per heavy atom. The predicted octanol–water partition coefficient (Wildman–Crippen LogP) is 1.06. The van der Waals surface area contributed by atoms with Gasteiger partial charge in [-0.15, -0.1) is 0 Å². The molecule has 10 heavy (non-hydrogen) atoms. The van der Waals surface area contributed by atoms with Crippen molar-refractivity contribution >= 4 is 5.91 Å². The van der Waals surface area contributed by atoms with Crippen molar-refractivity contribution in [3.8, 4) is 0 Å². The highest BCUT2D eigenvalue weighted by atomic mass is 16.2. The molecule has 0 unspecified atom stereocenters. The molecule has 0 radical (unpaired) electrons. The lowest BCUT2D eigenvalue weighted by Crippen LogP contribution is -2.30. The molecule has 1 amide bonds. The van der Waals surface area contributed by atoms with Crippen LogP contribution in [0.3, 0.4) is 0 Å². The van der Waals surface area contributed by atoms with Crippen LogP contribution in [0.15, 0.2) is 24.4 Å². The van der Waals surface area contributed by atoms with E-state index in [0.717, 1.165) is 12.8 Å². The summed E-state index contributed by atoms with van der Waals surface area (Å²) in [5.41, 5.74) is 0. The fraction of sp³-hybridized carbons (Fsp3) is 0.375. The largest absolute Gasteiger partial charge is 0.309 e. The molecule has 52 valence electrons. The van der Waals surface area contributed by atoms with Crippen LogP contribution >= 0.6 is 0 Å². The molecular formula is C8H9NO. The van der Waals surface area contributed by atoms with Crippen LogP contribution in [0.2, 0.25) is 0 Å². The summed E-state index contributed by atoms with van der Waals surface area (Å²) in [6.07, 6.45) is 9.74. The summed E-state index contributed by atoms with van der Waals surface area (Å²) in [7, 11) is 0. The van der Waals surface area contributed by atoms with Crippen LogP contribution in [0, 0.1) is 0 Å². The SMILES string of the molecule is O=C1C=C[C@H]2CCC=CN12. The minimum atomic E-state index is 0.126. The zero-order valence-corrected chi connectivity index (χ0v) is 5.66. The van der Waals surface area contributed by atoms with Gasteiger partial charge in [0.25, 0.3) is 5.91 Å². The monoisotopic (exact) mass is 135 g/mol. The highest BCUT2D eigenvalue weighted by molar-refractivity contribution is 5.91. The fourth-order valence-corrected chi connectivity index (χ4v) is 1.41. The number of allylic oxidation sites excluding steroid dienone is 1. The molecule has 1 atom stereocenters. The van der Waals surface area contributed by atoms with Gasteiger partial charge in [-0.1, -0.05) is 12.2 Å². The zero-order valence-electron chi connectivity index (χ0n) is 5.66. The molecule has 0 saturated carbocycles. The van der Waals surface area contributed by atoms with E-state index in [1.165, 1.54) is 0 Å². The van der Waals surface area contributed by atoms with Crippen molar-refractivity contribution in [1.82, 2.24) is 4.90 Å². The average molecular weight is 135 g/mol. The summed E-state index contributed by atoms with van der Waals surface area (Å²) in [6.45, 7) is 0. The highest BCUT2D eigenvalue weighted by Crippen LogP contribution is 2.20. The molecule has 0 aromatic heterocycles. The van der Waals surface area contributed by atoms with Gasteiger partial charge < -0.3 is 4.90 Å². The van der Waals surface area contributed by atoms with Crippen LogP contribution < -0.4 is 0 Å². The summed E-state index contributed by atoms with van der Waals surface area (Å²) < 4.78 is 0. The average Bonchev–Trinajstić information content (AvgIpc) is 2.34. The van der Waals surface area contributed by atoms with Crippen LogP contribution in [0.5, 0.6) is 0 Å². The molecule has 2 heterocycles. The lowest BCUT2D eigenvalue weighted by Gasteiger charge is -2.23. The number of hydrogen-bond donors (Lipinski definition) is 0. The normalized spacial score (nSPS) is 29.4. The number of fused-ring (bicyclic) bond motifs is 1. The maximum absolute atomic E-state index is 11.0. The van der Waals surface area contributed by atoms with Crippen molar-refractivity contribution in [2.45, 2.75) is 18.9 Å². The van der Waals surface area contributed by atoms with Gasteiger partial charge in [0.15, 0.2) is 0 Å². The van der Waals surface area contributed by atoms with Crippen LogP contribution in [-0.4, -0.2) is 16.8 Å². The van der Waals surface area contributed by atoms with E-state index in [2.05, 4.69) is 0 Å². The number of hydrogen-bond acceptors (Lipinski definition) is 1. The molecule has 2 aliphatic heterocycles. The molecule has 0 spiro atoms. The molecule has 2 rings (SSSR count). The Kier molecular flexibility index (Phi) is 1.13. The van der Waals surface area contributed by atoms with Gasteiger partial charge in [0.05, 0.1) is 6.04 Å². The molecule has 0 aromatic carbocycles. The van der Waals surface area contributed by atoms with Gasteiger partial charge in [0.2, 0.25) is 0 Å². The summed E-state index contributed by atoms with van der Waals surface area (Å²) in [5.74, 6) is 0.126. The van der Waals surface area contributed by atoms with Crippen molar-refractivity contribution < 1.29 is 4.79 Å². The molecule has 0 aromatic rings. The van der Waals surface area contributed by atoms with Gasteiger partial charge in [-0.25, -0.2) is 0 Å². The maximum atomic E-state index is 11.0. The fourth-order valence-electron chi connectivity index (χ4n) is 1.41. The molecule has 0 fully saturated rings. The van der Waals surface area contributed by atoms with Gasteiger partial charge in [0.1, 0.15) is 0 Å². The second kappa shape index (κ2) is 1.97.